The van der Waals surface area contributed by atoms with Gasteiger partial charge in [0.15, 0.2) is 18.1 Å². The maximum Gasteiger partial charge on any atom is 0.257 e. The zero-order chi connectivity index (χ0) is 12.3. The fraction of sp³-hybridized carbons (Fsp3) is 0.273. The van der Waals surface area contributed by atoms with Crippen molar-refractivity contribution in [1.82, 2.24) is 10.1 Å². The predicted molar refractivity (Wildman–Crippen MR) is 64.1 cm³/mol. The van der Waals surface area contributed by atoms with E-state index < -0.39 is 0 Å². The minimum atomic E-state index is 0.270. The molecule has 0 aliphatic rings. The molecule has 2 rings (SSSR count). The van der Waals surface area contributed by atoms with Crippen LogP contribution in [0.2, 0.25) is 0 Å². The molecule has 0 aliphatic carbocycles. The second-order valence-electron chi connectivity index (χ2n) is 3.38. The highest BCUT2D eigenvalue weighted by atomic mass is 79.9. The van der Waals surface area contributed by atoms with E-state index in [0.29, 0.717) is 17.4 Å². The highest BCUT2D eigenvalue weighted by molar-refractivity contribution is 9.10. The Kier molecular flexibility index (Phi) is 3.63. The third-order valence-electron chi connectivity index (χ3n) is 2.03. The Morgan fingerprint density at radius 1 is 1.41 bits per heavy atom. The molecule has 90 valence electrons. The quantitative estimate of drug-likeness (QED) is 0.869. The summed E-state index contributed by atoms with van der Waals surface area (Å²) in [5.74, 6) is 1.63. The van der Waals surface area contributed by atoms with Crippen molar-refractivity contribution in [2.24, 2.45) is 0 Å². The number of aryl methyl sites for hydroxylation is 1. The Balaban J connectivity index is 2.08. The number of halogens is 1. The molecule has 0 saturated carbocycles. The molecule has 5 nitrogen and oxygen atoms in total. The number of methoxy groups -OCH3 is 1. The number of hydrogen-bond acceptors (Lipinski definition) is 5. The minimum absolute atomic E-state index is 0.270. The first-order chi connectivity index (χ1) is 8.19. The maximum atomic E-state index is 5.49. The van der Waals surface area contributed by atoms with Gasteiger partial charge in [-0.1, -0.05) is 5.16 Å². The molecule has 0 aliphatic heterocycles. The second-order valence-corrected chi connectivity index (χ2v) is 4.30. The summed E-state index contributed by atoms with van der Waals surface area (Å²) >= 11 is 3.31. The Bertz CT molecular complexity index is 513. The van der Waals surface area contributed by atoms with Gasteiger partial charge in [-0.15, -0.1) is 0 Å². The highest BCUT2D eigenvalue weighted by Crippen LogP contribution is 2.27. The zero-order valence-electron chi connectivity index (χ0n) is 9.44. The van der Waals surface area contributed by atoms with E-state index in [-0.39, 0.29) is 6.61 Å². The molecule has 2 aromatic rings. The fourth-order valence-corrected chi connectivity index (χ4v) is 1.60. The summed E-state index contributed by atoms with van der Waals surface area (Å²) in [6.07, 6.45) is 1.64. The van der Waals surface area contributed by atoms with Gasteiger partial charge in [0.25, 0.3) is 5.88 Å². The Labute approximate surface area is 107 Å². The summed E-state index contributed by atoms with van der Waals surface area (Å²) in [6, 6.07) is 3.60. The molecule has 0 aromatic carbocycles. The largest absolute Gasteiger partial charge is 0.491 e. The molecule has 0 atom stereocenters. The summed E-state index contributed by atoms with van der Waals surface area (Å²) in [4.78, 5) is 4.11. The van der Waals surface area contributed by atoms with E-state index in [2.05, 4.69) is 26.1 Å². The van der Waals surface area contributed by atoms with Crippen molar-refractivity contribution in [3.05, 3.63) is 34.3 Å². The molecule has 0 amide bonds. The van der Waals surface area contributed by atoms with Crippen LogP contribution >= 0.6 is 15.9 Å². The van der Waals surface area contributed by atoms with Crippen molar-refractivity contribution in [3.8, 4) is 11.6 Å². The molecule has 0 fully saturated rings. The van der Waals surface area contributed by atoms with Crippen LogP contribution in [0.4, 0.5) is 0 Å². The molecule has 0 unspecified atom stereocenters. The normalized spacial score (nSPS) is 10.3. The monoisotopic (exact) mass is 298 g/mol. The van der Waals surface area contributed by atoms with Gasteiger partial charge in [-0.05, 0) is 22.9 Å². The van der Waals surface area contributed by atoms with E-state index in [0.717, 1.165) is 10.2 Å². The van der Waals surface area contributed by atoms with E-state index in [9.17, 15) is 0 Å². The molecular formula is C11H11BrN2O3. The van der Waals surface area contributed by atoms with Crippen molar-refractivity contribution in [2.45, 2.75) is 13.5 Å². The summed E-state index contributed by atoms with van der Waals surface area (Å²) in [5, 5.41) is 3.77. The lowest BCUT2D eigenvalue weighted by Crippen LogP contribution is -1.98. The third kappa shape index (κ3) is 2.97. The van der Waals surface area contributed by atoms with E-state index in [4.69, 9.17) is 14.0 Å². The highest BCUT2D eigenvalue weighted by Gasteiger charge is 2.08. The van der Waals surface area contributed by atoms with Gasteiger partial charge in [-0.2, -0.15) is 0 Å². The lowest BCUT2D eigenvalue weighted by atomic mass is 10.4. The lowest BCUT2D eigenvalue weighted by molar-refractivity contribution is 0.230. The molecule has 6 heteroatoms. The molecule has 2 heterocycles. The molecule has 0 spiro atoms. The molecule has 0 bridgehead atoms. The number of ether oxygens (including phenoxy) is 2. The van der Waals surface area contributed by atoms with Crippen LogP contribution in [0, 0.1) is 6.92 Å². The SMILES string of the molecule is COc1cc(Br)cnc1OCc1cc(C)no1. The van der Waals surface area contributed by atoms with Gasteiger partial charge >= 0.3 is 0 Å². The molecule has 2 aromatic heterocycles. The van der Waals surface area contributed by atoms with Crippen LogP contribution in [-0.2, 0) is 6.61 Å². The number of aromatic nitrogens is 2. The first-order valence-corrected chi connectivity index (χ1v) is 5.73. The minimum Gasteiger partial charge on any atom is -0.491 e. The van der Waals surface area contributed by atoms with Gasteiger partial charge in [-0.3, -0.25) is 0 Å². The number of pyridine rings is 1. The van der Waals surface area contributed by atoms with Crippen LogP contribution in [0.5, 0.6) is 11.6 Å². The van der Waals surface area contributed by atoms with E-state index in [1.807, 2.05) is 13.0 Å². The third-order valence-corrected chi connectivity index (χ3v) is 2.47. The number of hydrogen-bond donors (Lipinski definition) is 0. The molecule has 0 radical (unpaired) electrons. The van der Waals surface area contributed by atoms with Gasteiger partial charge < -0.3 is 14.0 Å². The molecule has 17 heavy (non-hydrogen) atoms. The first-order valence-electron chi connectivity index (χ1n) is 4.93. The Morgan fingerprint density at radius 3 is 2.88 bits per heavy atom. The fourth-order valence-electron chi connectivity index (χ4n) is 1.29. The van der Waals surface area contributed by atoms with Crippen LogP contribution in [0.25, 0.3) is 0 Å². The van der Waals surface area contributed by atoms with Crippen molar-refractivity contribution in [1.29, 1.82) is 0 Å². The smallest absolute Gasteiger partial charge is 0.257 e. The van der Waals surface area contributed by atoms with Crippen molar-refractivity contribution < 1.29 is 14.0 Å². The lowest BCUT2D eigenvalue weighted by Gasteiger charge is -2.07. The predicted octanol–water partition coefficient (Wildman–Crippen LogP) is 2.73. The average Bonchev–Trinajstić information content (AvgIpc) is 2.73. The van der Waals surface area contributed by atoms with Crippen molar-refractivity contribution in [2.75, 3.05) is 7.11 Å². The van der Waals surface area contributed by atoms with Crippen LogP contribution in [0.15, 0.2) is 27.3 Å². The zero-order valence-corrected chi connectivity index (χ0v) is 11.0. The van der Waals surface area contributed by atoms with Gasteiger partial charge in [0, 0.05) is 22.8 Å². The molecule has 0 saturated heterocycles. The van der Waals surface area contributed by atoms with E-state index in [1.54, 1.807) is 19.4 Å². The average molecular weight is 299 g/mol. The summed E-state index contributed by atoms with van der Waals surface area (Å²) in [5.41, 5.74) is 0.819. The standard InChI is InChI=1S/C11H11BrN2O3/c1-7-3-9(17-14-7)6-16-11-10(15-2)4-8(12)5-13-11/h3-5H,6H2,1-2H3. The van der Waals surface area contributed by atoms with Gasteiger partial charge in [0.2, 0.25) is 0 Å². The first kappa shape index (κ1) is 11.9. The van der Waals surface area contributed by atoms with Gasteiger partial charge in [0.05, 0.1) is 12.8 Å². The Hall–Kier alpha value is -1.56. The van der Waals surface area contributed by atoms with Crippen molar-refractivity contribution in [3.63, 3.8) is 0 Å². The van der Waals surface area contributed by atoms with Crippen molar-refractivity contribution >= 4 is 15.9 Å². The maximum absolute atomic E-state index is 5.49. The van der Waals surface area contributed by atoms with Crippen LogP contribution < -0.4 is 9.47 Å². The molecular weight excluding hydrogens is 288 g/mol. The summed E-state index contributed by atoms with van der Waals surface area (Å²) in [6.45, 7) is 2.12. The number of nitrogens with zero attached hydrogens (tertiary/aromatic N) is 2. The van der Waals surface area contributed by atoms with Crippen LogP contribution in [0.1, 0.15) is 11.5 Å². The topological polar surface area (TPSA) is 57.4 Å². The summed E-state index contributed by atoms with van der Waals surface area (Å²) < 4.78 is 16.5. The van der Waals surface area contributed by atoms with Gasteiger partial charge in [-0.25, -0.2) is 4.98 Å². The summed E-state index contributed by atoms with van der Waals surface area (Å²) in [7, 11) is 1.56. The Morgan fingerprint density at radius 2 is 2.24 bits per heavy atom. The second kappa shape index (κ2) is 5.18. The number of rotatable bonds is 4. The van der Waals surface area contributed by atoms with E-state index >= 15 is 0 Å². The van der Waals surface area contributed by atoms with Crippen LogP contribution in [0.3, 0.4) is 0 Å². The van der Waals surface area contributed by atoms with E-state index in [1.165, 1.54) is 0 Å². The van der Waals surface area contributed by atoms with Gasteiger partial charge in [0.1, 0.15) is 0 Å². The molecule has 0 N–H and O–H groups in total. The van der Waals surface area contributed by atoms with Crippen LogP contribution in [-0.4, -0.2) is 17.3 Å².